The Labute approximate surface area is 129 Å². The van der Waals surface area contributed by atoms with Crippen LogP contribution in [0.4, 0.5) is 0 Å². The Balaban J connectivity index is 2.01. The lowest BCUT2D eigenvalue weighted by atomic mass is 9.87. The Morgan fingerprint density at radius 3 is 2.67 bits per heavy atom. The summed E-state index contributed by atoms with van der Waals surface area (Å²) in [6.07, 6.45) is 4.40. The van der Waals surface area contributed by atoms with Crippen molar-refractivity contribution < 1.29 is 14.3 Å². The lowest BCUT2D eigenvalue weighted by molar-refractivity contribution is 0.0525. The van der Waals surface area contributed by atoms with Gasteiger partial charge in [0, 0.05) is 18.5 Å². The van der Waals surface area contributed by atoms with Gasteiger partial charge >= 0.3 is 5.97 Å². The monoisotopic (exact) mass is 310 g/mol. The number of aromatic nitrogens is 1. The zero-order valence-electron chi connectivity index (χ0n) is 12.8. The molecule has 0 aliphatic heterocycles. The third-order valence-corrected chi connectivity index (χ3v) is 4.85. The van der Waals surface area contributed by atoms with Crippen LogP contribution in [0.2, 0.25) is 0 Å². The Morgan fingerprint density at radius 1 is 1.38 bits per heavy atom. The Morgan fingerprint density at radius 2 is 2.05 bits per heavy atom. The number of hydrogen-bond donors (Lipinski definition) is 0. The zero-order chi connectivity index (χ0) is 15.4. The highest BCUT2D eigenvalue weighted by atomic mass is 32.1. The number of thiazole rings is 1. The van der Waals surface area contributed by atoms with E-state index in [0.29, 0.717) is 12.3 Å². The van der Waals surface area contributed by atoms with Crippen LogP contribution in [0.25, 0.3) is 0 Å². The topological polar surface area (TPSA) is 59.5 Å². The molecule has 0 bridgehead atoms. The highest BCUT2D eigenvalue weighted by molar-refractivity contribution is 7.11. The molecule has 1 fully saturated rings. The third-order valence-electron chi connectivity index (χ3n) is 4.03. The van der Waals surface area contributed by atoms with E-state index in [0.717, 1.165) is 42.9 Å². The number of nitrogens with zero attached hydrogens (tertiary/aromatic N) is 2. The summed E-state index contributed by atoms with van der Waals surface area (Å²) in [5.74, 6) is 0.177. The first kappa shape index (κ1) is 15.9. The summed E-state index contributed by atoms with van der Waals surface area (Å²) in [5, 5.41) is 1.88. The Hall–Kier alpha value is -1.43. The van der Waals surface area contributed by atoms with Crippen molar-refractivity contribution in [1.29, 1.82) is 0 Å². The number of carbonyl (C=O) groups excluding carboxylic acids is 2. The van der Waals surface area contributed by atoms with Gasteiger partial charge in [0.25, 0.3) is 5.91 Å². The smallest absolute Gasteiger partial charge is 0.367 e. The molecule has 6 heteroatoms. The summed E-state index contributed by atoms with van der Waals surface area (Å²) in [6, 6.07) is 0.279. The van der Waals surface area contributed by atoms with E-state index >= 15 is 0 Å². The van der Waals surface area contributed by atoms with Crippen LogP contribution >= 0.6 is 11.3 Å². The standard InChI is InChI=1S/C15H22N2O3S/c1-4-20-15(19)13-16-12(9-21-13)14(18)17(3)11-7-5-10(2)6-8-11/h9-11H,4-8H2,1-3H3. The van der Waals surface area contributed by atoms with Crippen molar-refractivity contribution >= 4 is 23.2 Å². The second kappa shape index (κ2) is 7.02. The molecule has 1 aromatic heterocycles. The quantitative estimate of drug-likeness (QED) is 0.802. The summed E-state index contributed by atoms with van der Waals surface area (Å²) in [7, 11) is 1.83. The van der Waals surface area contributed by atoms with Gasteiger partial charge < -0.3 is 9.64 Å². The maximum Gasteiger partial charge on any atom is 0.367 e. The summed E-state index contributed by atoms with van der Waals surface area (Å²) in [5.41, 5.74) is 0.337. The lowest BCUT2D eigenvalue weighted by Gasteiger charge is -2.33. The van der Waals surface area contributed by atoms with E-state index in [2.05, 4.69) is 11.9 Å². The maximum atomic E-state index is 12.4. The van der Waals surface area contributed by atoms with Gasteiger partial charge in [-0.15, -0.1) is 11.3 Å². The Kier molecular flexibility index (Phi) is 5.33. The SMILES string of the molecule is CCOC(=O)c1nc(C(=O)N(C)C2CCC(C)CC2)cs1. The van der Waals surface area contributed by atoms with Gasteiger partial charge in [-0.25, -0.2) is 9.78 Å². The molecule has 1 heterocycles. The minimum Gasteiger partial charge on any atom is -0.461 e. The van der Waals surface area contributed by atoms with Gasteiger partial charge in [-0.05, 0) is 38.5 Å². The first-order valence-corrected chi connectivity index (χ1v) is 8.30. The van der Waals surface area contributed by atoms with E-state index in [4.69, 9.17) is 4.74 Å². The molecular formula is C15H22N2O3S. The van der Waals surface area contributed by atoms with Gasteiger partial charge in [0.2, 0.25) is 5.01 Å². The average molecular weight is 310 g/mol. The summed E-state index contributed by atoms with van der Waals surface area (Å²) in [4.78, 5) is 29.9. The van der Waals surface area contributed by atoms with Crippen LogP contribution in [0, 0.1) is 5.92 Å². The lowest BCUT2D eigenvalue weighted by Crippen LogP contribution is -2.39. The van der Waals surface area contributed by atoms with Gasteiger partial charge in [-0.1, -0.05) is 6.92 Å². The fourth-order valence-corrected chi connectivity index (χ4v) is 3.32. The van der Waals surface area contributed by atoms with Gasteiger partial charge in [0.1, 0.15) is 5.69 Å². The van der Waals surface area contributed by atoms with Crippen LogP contribution in [0.5, 0.6) is 0 Å². The van der Waals surface area contributed by atoms with Crippen LogP contribution in [0.15, 0.2) is 5.38 Å². The first-order chi connectivity index (χ1) is 10.0. The number of esters is 1. The second-order valence-corrected chi connectivity index (χ2v) is 6.45. The maximum absolute atomic E-state index is 12.4. The number of hydrogen-bond acceptors (Lipinski definition) is 5. The Bertz CT molecular complexity index is 507. The molecule has 1 aliphatic carbocycles. The summed E-state index contributed by atoms with van der Waals surface area (Å²) >= 11 is 1.16. The van der Waals surface area contributed by atoms with E-state index in [-0.39, 0.29) is 17.0 Å². The molecule has 5 nitrogen and oxygen atoms in total. The molecule has 2 rings (SSSR count). The molecule has 1 aliphatic rings. The van der Waals surface area contributed by atoms with E-state index < -0.39 is 5.97 Å². The van der Waals surface area contributed by atoms with Crippen LogP contribution < -0.4 is 0 Å². The van der Waals surface area contributed by atoms with Crippen LogP contribution in [0.1, 0.15) is 59.8 Å². The van der Waals surface area contributed by atoms with Crippen molar-refractivity contribution in [2.24, 2.45) is 5.92 Å². The highest BCUT2D eigenvalue weighted by Crippen LogP contribution is 2.27. The number of amides is 1. The summed E-state index contributed by atoms with van der Waals surface area (Å²) < 4.78 is 4.89. The molecule has 0 spiro atoms. The molecule has 0 N–H and O–H groups in total. The van der Waals surface area contributed by atoms with Crippen molar-refractivity contribution in [1.82, 2.24) is 9.88 Å². The highest BCUT2D eigenvalue weighted by Gasteiger charge is 2.27. The van der Waals surface area contributed by atoms with E-state index in [1.54, 1.807) is 17.2 Å². The zero-order valence-corrected chi connectivity index (χ0v) is 13.6. The van der Waals surface area contributed by atoms with Crippen molar-refractivity contribution in [2.75, 3.05) is 13.7 Å². The van der Waals surface area contributed by atoms with Crippen molar-refractivity contribution in [3.05, 3.63) is 16.1 Å². The van der Waals surface area contributed by atoms with Crippen LogP contribution in [0.3, 0.4) is 0 Å². The molecule has 116 valence electrons. The number of ether oxygens (including phenoxy) is 1. The minimum atomic E-state index is -0.462. The number of rotatable bonds is 4. The molecular weight excluding hydrogens is 288 g/mol. The molecule has 21 heavy (non-hydrogen) atoms. The average Bonchev–Trinajstić information content (AvgIpc) is 2.96. The fourth-order valence-electron chi connectivity index (χ4n) is 2.63. The van der Waals surface area contributed by atoms with Gasteiger partial charge in [-0.3, -0.25) is 4.79 Å². The van der Waals surface area contributed by atoms with Crippen molar-refractivity contribution in [3.8, 4) is 0 Å². The van der Waals surface area contributed by atoms with Gasteiger partial charge in [-0.2, -0.15) is 0 Å². The molecule has 0 aromatic carbocycles. The molecule has 0 atom stereocenters. The molecule has 1 aromatic rings. The van der Waals surface area contributed by atoms with Crippen LogP contribution in [-0.4, -0.2) is 41.5 Å². The van der Waals surface area contributed by atoms with Gasteiger partial charge in [0.05, 0.1) is 6.61 Å². The number of carbonyl (C=O) groups is 2. The van der Waals surface area contributed by atoms with Crippen molar-refractivity contribution in [3.63, 3.8) is 0 Å². The van der Waals surface area contributed by atoms with E-state index in [1.165, 1.54) is 0 Å². The first-order valence-electron chi connectivity index (χ1n) is 7.42. The second-order valence-electron chi connectivity index (χ2n) is 5.59. The fraction of sp³-hybridized carbons (Fsp3) is 0.667. The van der Waals surface area contributed by atoms with E-state index in [1.807, 2.05) is 7.05 Å². The van der Waals surface area contributed by atoms with Crippen molar-refractivity contribution in [2.45, 2.75) is 45.6 Å². The minimum absolute atomic E-state index is 0.110. The van der Waals surface area contributed by atoms with Gasteiger partial charge in [0.15, 0.2) is 0 Å². The largest absolute Gasteiger partial charge is 0.461 e. The normalized spacial score (nSPS) is 21.9. The van der Waals surface area contributed by atoms with Crippen LogP contribution in [-0.2, 0) is 4.74 Å². The molecule has 0 saturated heterocycles. The molecule has 0 radical (unpaired) electrons. The predicted octanol–water partition coefficient (Wildman–Crippen LogP) is 2.97. The molecule has 0 unspecified atom stereocenters. The molecule has 1 amide bonds. The molecule has 1 saturated carbocycles. The van der Waals surface area contributed by atoms with E-state index in [9.17, 15) is 9.59 Å². The summed E-state index contributed by atoms with van der Waals surface area (Å²) in [6.45, 7) is 4.31. The third kappa shape index (κ3) is 3.81. The predicted molar refractivity (Wildman–Crippen MR) is 81.6 cm³/mol.